The summed E-state index contributed by atoms with van der Waals surface area (Å²) in [7, 11) is 4.61. The number of nitrogens with zero attached hydrogens (tertiary/aromatic N) is 3. The van der Waals surface area contributed by atoms with E-state index in [1.807, 2.05) is 25.3 Å². The van der Waals surface area contributed by atoms with Crippen LogP contribution in [0.3, 0.4) is 0 Å². The number of carbonyl (C=O) groups excluding carboxylic acids is 1. The summed E-state index contributed by atoms with van der Waals surface area (Å²) >= 11 is 0. The van der Waals surface area contributed by atoms with Gasteiger partial charge in [-0.25, -0.2) is 10.4 Å². The molecule has 2 aromatic heterocycles. The molecule has 1 aromatic carbocycles. The predicted octanol–water partition coefficient (Wildman–Crippen LogP) is 2.74. The monoisotopic (exact) mass is 382 g/mol. The minimum absolute atomic E-state index is 0.349. The Labute approximate surface area is 162 Å². The number of aryl methyl sites for hydroxylation is 2. The van der Waals surface area contributed by atoms with Gasteiger partial charge in [0.05, 0.1) is 33.2 Å². The van der Waals surface area contributed by atoms with Crippen LogP contribution in [-0.4, -0.2) is 42.8 Å². The number of amides is 1. The number of nitrogens with one attached hydrogen (secondary N) is 1. The number of hydrazone groups is 1. The fourth-order valence-corrected chi connectivity index (χ4v) is 2.93. The largest absolute Gasteiger partial charge is 0.493 e. The number of imidazole rings is 1. The molecule has 0 saturated carbocycles. The van der Waals surface area contributed by atoms with E-state index in [2.05, 4.69) is 15.5 Å². The van der Waals surface area contributed by atoms with Gasteiger partial charge in [-0.05, 0) is 43.7 Å². The van der Waals surface area contributed by atoms with Crippen LogP contribution in [0.5, 0.6) is 17.2 Å². The van der Waals surface area contributed by atoms with Gasteiger partial charge in [-0.3, -0.25) is 9.20 Å². The van der Waals surface area contributed by atoms with Gasteiger partial charge in [0, 0.05) is 11.8 Å². The van der Waals surface area contributed by atoms with Crippen LogP contribution < -0.4 is 19.6 Å². The zero-order valence-electron chi connectivity index (χ0n) is 16.4. The third kappa shape index (κ3) is 3.62. The minimum Gasteiger partial charge on any atom is -0.493 e. The molecule has 3 rings (SSSR count). The summed E-state index contributed by atoms with van der Waals surface area (Å²) in [6, 6.07) is 7.31. The second-order valence-electron chi connectivity index (χ2n) is 6.14. The first-order valence-corrected chi connectivity index (χ1v) is 8.57. The summed E-state index contributed by atoms with van der Waals surface area (Å²) in [5, 5.41) is 4.05. The first-order valence-electron chi connectivity index (χ1n) is 8.57. The van der Waals surface area contributed by atoms with Crippen molar-refractivity contribution in [2.45, 2.75) is 13.8 Å². The lowest BCUT2D eigenvalue weighted by Crippen LogP contribution is -2.20. The average molecular weight is 382 g/mol. The normalized spacial score (nSPS) is 11.0. The van der Waals surface area contributed by atoms with Crippen LogP contribution in [0.15, 0.2) is 35.6 Å². The number of benzene rings is 1. The maximum Gasteiger partial charge on any atom is 0.290 e. The molecule has 1 N–H and O–H groups in total. The van der Waals surface area contributed by atoms with Crippen LogP contribution in [0, 0.1) is 13.8 Å². The Kier molecular flexibility index (Phi) is 5.49. The fourth-order valence-electron chi connectivity index (χ4n) is 2.93. The van der Waals surface area contributed by atoms with E-state index in [1.54, 1.807) is 23.5 Å². The van der Waals surface area contributed by atoms with E-state index in [0.29, 0.717) is 34.2 Å². The Balaban J connectivity index is 1.84. The minimum atomic E-state index is -0.349. The number of carbonyl (C=O) groups is 1. The molecule has 0 unspecified atom stereocenters. The highest BCUT2D eigenvalue weighted by Crippen LogP contribution is 2.37. The first-order chi connectivity index (χ1) is 13.5. The lowest BCUT2D eigenvalue weighted by Gasteiger charge is -2.12. The molecule has 146 valence electrons. The van der Waals surface area contributed by atoms with Gasteiger partial charge >= 0.3 is 0 Å². The topological polar surface area (TPSA) is 86.5 Å². The van der Waals surface area contributed by atoms with Crippen molar-refractivity contribution in [1.82, 2.24) is 14.8 Å². The molecular formula is C20H22N4O4. The zero-order valence-corrected chi connectivity index (χ0v) is 16.4. The standard InChI is InChI=1S/C20H22N4O4/c1-12-6-7-24-17(8-12)22-13(2)18(24)20(25)23-21-11-14-9-15(26-3)19(28-5)16(10-14)27-4/h6-11H,1-5H3,(H,23,25)/b21-11+. The third-order valence-electron chi connectivity index (χ3n) is 4.24. The van der Waals surface area contributed by atoms with E-state index < -0.39 is 0 Å². The highest BCUT2D eigenvalue weighted by atomic mass is 16.5. The molecule has 0 saturated heterocycles. The van der Waals surface area contributed by atoms with Gasteiger partial charge in [-0.15, -0.1) is 0 Å². The number of aromatic nitrogens is 2. The zero-order chi connectivity index (χ0) is 20.3. The van der Waals surface area contributed by atoms with Crippen LogP contribution in [0.25, 0.3) is 5.65 Å². The maximum absolute atomic E-state index is 12.6. The molecule has 0 spiro atoms. The van der Waals surface area contributed by atoms with Gasteiger partial charge < -0.3 is 14.2 Å². The number of methoxy groups -OCH3 is 3. The van der Waals surface area contributed by atoms with Crippen molar-refractivity contribution < 1.29 is 19.0 Å². The molecule has 3 aromatic rings. The van der Waals surface area contributed by atoms with Gasteiger partial charge in [0.15, 0.2) is 11.5 Å². The lowest BCUT2D eigenvalue weighted by atomic mass is 10.2. The number of ether oxygens (including phenoxy) is 3. The summed E-state index contributed by atoms with van der Waals surface area (Å²) in [4.78, 5) is 17.0. The van der Waals surface area contributed by atoms with Crippen molar-refractivity contribution in [3.8, 4) is 17.2 Å². The highest BCUT2D eigenvalue weighted by Gasteiger charge is 2.16. The van der Waals surface area contributed by atoms with Crippen molar-refractivity contribution in [2.24, 2.45) is 5.10 Å². The maximum atomic E-state index is 12.6. The smallest absolute Gasteiger partial charge is 0.290 e. The molecule has 0 radical (unpaired) electrons. The van der Waals surface area contributed by atoms with Crippen LogP contribution in [0.4, 0.5) is 0 Å². The number of pyridine rings is 1. The number of hydrogen-bond donors (Lipinski definition) is 1. The number of hydrogen-bond acceptors (Lipinski definition) is 6. The van der Waals surface area contributed by atoms with Crippen molar-refractivity contribution in [3.63, 3.8) is 0 Å². The van der Waals surface area contributed by atoms with Crippen LogP contribution in [-0.2, 0) is 0 Å². The van der Waals surface area contributed by atoms with Crippen molar-refractivity contribution in [1.29, 1.82) is 0 Å². The third-order valence-corrected chi connectivity index (χ3v) is 4.24. The fraction of sp³-hybridized carbons (Fsp3) is 0.250. The first kappa shape index (κ1) is 19.2. The summed E-state index contributed by atoms with van der Waals surface area (Å²) in [6.45, 7) is 3.77. The molecule has 0 bridgehead atoms. The summed E-state index contributed by atoms with van der Waals surface area (Å²) < 4.78 is 17.7. The molecule has 1 amide bonds. The van der Waals surface area contributed by atoms with Gasteiger partial charge in [0.2, 0.25) is 5.75 Å². The Morgan fingerprint density at radius 2 is 1.79 bits per heavy atom. The molecule has 0 aliphatic rings. The van der Waals surface area contributed by atoms with Crippen molar-refractivity contribution in [3.05, 3.63) is 53.0 Å². The molecule has 28 heavy (non-hydrogen) atoms. The molecular weight excluding hydrogens is 360 g/mol. The van der Waals surface area contributed by atoms with E-state index in [4.69, 9.17) is 14.2 Å². The summed E-state index contributed by atoms with van der Waals surface area (Å²) in [5.41, 5.74) is 6.09. The van der Waals surface area contributed by atoms with Gasteiger partial charge in [-0.1, -0.05) is 0 Å². The van der Waals surface area contributed by atoms with E-state index in [9.17, 15) is 4.79 Å². The van der Waals surface area contributed by atoms with E-state index in [1.165, 1.54) is 27.5 Å². The molecule has 8 heteroatoms. The molecule has 0 aliphatic heterocycles. The second-order valence-corrected chi connectivity index (χ2v) is 6.14. The SMILES string of the molecule is COc1cc(/C=N/NC(=O)c2c(C)nc3cc(C)ccn23)cc(OC)c1OC. The predicted molar refractivity (Wildman–Crippen MR) is 106 cm³/mol. The van der Waals surface area contributed by atoms with Crippen LogP contribution >= 0.6 is 0 Å². The molecule has 2 heterocycles. The van der Waals surface area contributed by atoms with E-state index >= 15 is 0 Å². The Hall–Kier alpha value is -3.55. The average Bonchev–Trinajstić information content (AvgIpc) is 3.01. The molecule has 8 nitrogen and oxygen atoms in total. The molecule has 0 atom stereocenters. The number of fused-ring (bicyclic) bond motifs is 1. The molecule has 0 aliphatic carbocycles. The quantitative estimate of drug-likeness (QED) is 0.523. The van der Waals surface area contributed by atoms with E-state index in [0.717, 1.165) is 11.2 Å². The van der Waals surface area contributed by atoms with Gasteiger partial charge in [0.1, 0.15) is 11.3 Å². The Bertz CT molecular complexity index is 1030. The summed E-state index contributed by atoms with van der Waals surface area (Å²) in [6.07, 6.45) is 3.33. The van der Waals surface area contributed by atoms with Crippen LogP contribution in [0.1, 0.15) is 27.3 Å². The van der Waals surface area contributed by atoms with E-state index in [-0.39, 0.29) is 5.91 Å². The van der Waals surface area contributed by atoms with Gasteiger partial charge in [-0.2, -0.15) is 5.10 Å². The number of rotatable bonds is 6. The highest BCUT2D eigenvalue weighted by molar-refractivity contribution is 5.95. The second kappa shape index (κ2) is 7.99. The molecule has 0 fully saturated rings. The lowest BCUT2D eigenvalue weighted by molar-refractivity contribution is 0.0948. The van der Waals surface area contributed by atoms with Crippen LogP contribution in [0.2, 0.25) is 0 Å². The Morgan fingerprint density at radius 3 is 2.39 bits per heavy atom. The van der Waals surface area contributed by atoms with Crippen molar-refractivity contribution in [2.75, 3.05) is 21.3 Å². The van der Waals surface area contributed by atoms with Gasteiger partial charge in [0.25, 0.3) is 5.91 Å². The van der Waals surface area contributed by atoms with Crippen molar-refractivity contribution >= 4 is 17.8 Å². The Morgan fingerprint density at radius 1 is 1.11 bits per heavy atom. The summed E-state index contributed by atoms with van der Waals surface area (Å²) in [5.74, 6) is 1.14.